The monoisotopic (exact) mass is 295 g/mol. The molecule has 0 atom stereocenters. The first-order valence-electron chi connectivity index (χ1n) is 6.33. The highest BCUT2D eigenvalue weighted by molar-refractivity contribution is 6.31. The summed E-state index contributed by atoms with van der Waals surface area (Å²) in [7, 11) is 0. The Morgan fingerprint density at radius 3 is 2.90 bits per heavy atom. The number of benzene rings is 1. The van der Waals surface area contributed by atoms with Crippen LogP contribution in [0.1, 0.15) is 18.9 Å². The van der Waals surface area contributed by atoms with E-state index in [0.29, 0.717) is 16.5 Å². The van der Waals surface area contributed by atoms with Gasteiger partial charge < -0.3 is 10.1 Å². The fourth-order valence-electron chi connectivity index (χ4n) is 1.54. The van der Waals surface area contributed by atoms with Crippen molar-refractivity contribution in [1.29, 1.82) is 0 Å². The zero-order valence-corrected chi connectivity index (χ0v) is 11.8. The standard InChI is InChI=1S/C14H15ClFN3O/c1-2-7-17-14-18-8-11(15)13(19-14)20-9-10-5-3-4-6-12(10)16/h3-6,8H,2,7,9H2,1H3,(H,17,18,19). The molecule has 0 spiro atoms. The topological polar surface area (TPSA) is 47.0 Å². The van der Waals surface area contributed by atoms with Gasteiger partial charge in [0.05, 0.1) is 6.20 Å². The summed E-state index contributed by atoms with van der Waals surface area (Å²) >= 11 is 5.96. The molecule has 20 heavy (non-hydrogen) atoms. The number of ether oxygens (including phenoxy) is 1. The third-order valence-corrected chi connectivity index (χ3v) is 2.83. The number of hydrogen-bond acceptors (Lipinski definition) is 4. The van der Waals surface area contributed by atoms with Gasteiger partial charge in [0, 0.05) is 12.1 Å². The van der Waals surface area contributed by atoms with Gasteiger partial charge in [0.2, 0.25) is 11.8 Å². The molecule has 1 aromatic heterocycles. The second-order valence-corrected chi connectivity index (χ2v) is 4.56. The summed E-state index contributed by atoms with van der Waals surface area (Å²) in [5, 5.41) is 3.33. The Hall–Kier alpha value is -1.88. The summed E-state index contributed by atoms with van der Waals surface area (Å²) in [6.45, 7) is 2.86. The number of aromatic nitrogens is 2. The largest absolute Gasteiger partial charge is 0.472 e. The van der Waals surface area contributed by atoms with Crippen molar-refractivity contribution in [3.05, 3.63) is 46.9 Å². The fourth-order valence-corrected chi connectivity index (χ4v) is 1.68. The lowest BCUT2D eigenvalue weighted by molar-refractivity contribution is 0.288. The molecule has 0 unspecified atom stereocenters. The van der Waals surface area contributed by atoms with Crippen LogP contribution in [0.25, 0.3) is 0 Å². The van der Waals surface area contributed by atoms with Gasteiger partial charge in [-0.15, -0.1) is 0 Å². The molecule has 0 bridgehead atoms. The van der Waals surface area contributed by atoms with Crippen LogP contribution in [0, 0.1) is 5.82 Å². The van der Waals surface area contributed by atoms with Gasteiger partial charge in [0.15, 0.2) is 0 Å². The number of nitrogens with zero attached hydrogens (tertiary/aromatic N) is 2. The molecule has 0 fully saturated rings. The van der Waals surface area contributed by atoms with E-state index in [0.717, 1.165) is 13.0 Å². The van der Waals surface area contributed by atoms with Gasteiger partial charge in [-0.05, 0) is 12.5 Å². The van der Waals surface area contributed by atoms with E-state index in [-0.39, 0.29) is 18.3 Å². The van der Waals surface area contributed by atoms with E-state index in [1.54, 1.807) is 18.2 Å². The van der Waals surface area contributed by atoms with Crippen molar-refractivity contribution in [3.8, 4) is 5.88 Å². The molecule has 1 heterocycles. The first kappa shape index (κ1) is 14.5. The Balaban J connectivity index is 2.07. The molecule has 106 valence electrons. The lowest BCUT2D eigenvalue weighted by Gasteiger charge is -2.09. The van der Waals surface area contributed by atoms with Gasteiger partial charge >= 0.3 is 0 Å². The van der Waals surface area contributed by atoms with Crippen molar-refractivity contribution >= 4 is 17.5 Å². The molecule has 0 amide bonds. The van der Waals surface area contributed by atoms with Crippen LogP contribution < -0.4 is 10.1 Å². The molecule has 6 heteroatoms. The van der Waals surface area contributed by atoms with E-state index >= 15 is 0 Å². The summed E-state index contributed by atoms with van der Waals surface area (Å²) in [6.07, 6.45) is 2.42. The molecular formula is C14H15ClFN3O. The van der Waals surface area contributed by atoms with Crippen LogP contribution in [-0.2, 0) is 6.61 Å². The quantitative estimate of drug-likeness (QED) is 0.883. The van der Waals surface area contributed by atoms with Crippen LogP contribution in [0.3, 0.4) is 0 Å². The normalized spacial score (nSPS) is 10.3. The lowest BCUT2D eigenvalue weighted by atomic mass is 10.2. The first-order valence-corrected chi connectivity index (χ1v) is 6.71. The molecule has 2 rings (SSSR count). The highest BCUT2D eigenvalue weighted by atomic mass is 35.5. The molecule has 0 aliphatic rings. The molecule has 1 aromatic carbocycles. The maximum atomic E-state index is 13.5. The molecule has 0 saturated carbocycles. The van der Waals surface area contributed by atoms with Crippen molar-refractivity contribution in [2.75, 3.05) is 11.9 Å². The highest BCUT2D eigenvalue weighted by Gasteiger charge is 2.08. The Morgan fingerprint density at radius 1 is 1.35 bits per heavy atom. The Labute approximate surface area is 122 Å². The number of halogens is 2. The van der Waals surface area contributed by atoms with Crippen LogP contribution in [0.5, 0.6) is 5.88 Å². The minimum absolute atomic E-state index is 0.0661. The van der Waals surface area contributed by atoms with Gasteiger partial charge in [-0.3, -0.25) is 0 Å². The Morgan fingerprint density at radius 2 is 2.15 bits per heavy atom. The number of rotatable bonds is 6. The SMILES string of the molecule is CCCNc1ncc(Cl)c(OCc2ccccc2F)n1. The summed E-state index contributed by atoms with van der Waals surface area (Å²) in [4.78, 5) is 8.20. The van der Waals surface area contributed by atoms with Crippen molar-refractivity contribution < 1.29 is 9.13 Å². The van der Waals surface area contributed by atoms with Gasteiger partial charge in [0.1, 0.15) is 17.4 Å². The molecule has 4 nitrogen and oxygen atoms in total. The summed E-state index contributed by atoms with van der Waals surface area (Å²) in [5.74, 6) is 0.366. The van der Waals surface area contributed by atoms with Gasteiger partial charge in [-0.25, -0.2) is 9.37 Å². The zero-order chi connectivity index (χ0) is 14.4. The molecule has 0 aliphatic carbocycles. The fraction of sp³-hybridized carbons (Fsp3) is 0.286. The molecule has 0 radical (unpaired) electrons. The smallest absolute Gasteiger partial charge is 0.237 e. The van der Waals surface area contributed by atoms with Crippen LogP contribution >= 0.6 is 11.6 Å². The maximum absolute atomic E-state index is 13.5. The summed E-state index contributed by atoms with van der Waals surface area (Å²) in [5.41, 5.74) is 0.449. The third-order valence-electron chi connectivity index (χ3n) is 2.57. The molecule has 0 aliphatic heterocycles. The Bertz CT molecular complexity index is 580. The first-order chi connectivity index (χ1) is 9.70. The van der Waals surface area contributed by atoms with Crippen molar-refractivity contribution in [1.82, 2.24) is 9.97 Å². The summed E-state index contributed by atoms with van der Waals surface area (Å²) < 4.78 is 18.9. The van der Waals surface area contributed by atoms with E-state index in [2.05, 4.69) is 15.3 Å². The summed E-state index contributed by atoms with van der Waals surface area (Å²) in [6, 6.07) is 6.41. The van der Waals surface area contributed by atoms with Gasteiger partial charge in [0.25, 0.3) is 0 Å². The predicted molar refractivity (Wildman–Crippen MR) is 76.6 cm³/mol. The molecule has 2 aromatic rings. The predicted octanol–water partition coefficient (Wildman–Crippen LogP) is 3.67. The minimum atomic E-state index is -0.318. The van der Waals surface area contributed by atoms with Crippen molar-refractivity contribution in [2.45, 2.75) is 20.0 Å². The van der Waals surface area contributed by atoms with E-state index < -0.39 is 0 Å². The van der Waals surface area contributed by atoms with E-state index in [1.165, 1.54) is 12.3 Å². The van der Waals surface area contributed by atoms with E-state index in [4.69, 9.17) is 16.3 Å². The lowest BCUT2D eigenvalue weighted by Crippen LogP contribution is -2.06. The maximum Gasteiger partial charge on any atom is 0.237 e. The van der Waals surface area contributed by atoms with Crippen LogP contribution in [0.15, 0.2) is 30.5 Å². The second-order valence-electron chi connectivity index (χ2n) is 4.15. The average Bonchev–Trinajstić information content (AvgIpc) is 2.46. The van der Waals surface area contributed by atoms with Gasteiger partial charge in [-0.2, -0.15) is 4.98 Å². The van der Waals surface area contributed by atoms with E-state index in [1.807, 2.05) is 6.92 Å². The third kappa shape index (κ3) is 3.81. The van der Waals surface area contributed by atoms with Crippen LogP contribution in [-0.4, -0.2) is 16.5 Å². The zero-order valence-electron chi connectivity index (χ0n) is 11.1. The van der Waals surface area contributed by atoms with Crippen molar-refractivity contribution in [2.24, 2.45) is 0 Å². The molecule has 1 N–H and O–H groups in total. The van der Waals surface area contributed by atoms with E-state index in [9.17, 15) is 4.39 Å². The highest BCUT2D eigenvalue weighted by Crippen LogP contribution is 2.23. The average molecular weight is 296 g/mol. The number of hydrogen-bond donors (Lipinski definition) is 1. The Kier molecular flexibility index (Phi) is 5.12. The molecular weight excluding hydrogens is 281 g/mol. The van der Waals surface area contributed by atoms with Crippen LogP contribution in [0.4, 0.5) is 10.3 Å². The number of nitrogens with one attached hydrogen (secondary N) is 1. The van der Waals surface area contributed by atoms with Gasteiger partial charge in [-0.1, -0.05) is 36.7 Å². The molecule has 0 saturated heterocycles. The van der Waals surface area contributed by atoms with Crippen LogP contribution in [0.2, 0.25) is 5.02 Å². The number of anilines is 1. The minimum Gasteiger partial charge on any atom is -0.472 e. The second kappa shape index (κ2) is 7.05. The van der Waals surface area contributed by atoms with Crippen molar-refractivity contribution in [3.63, 3.8) is 0 Å².